The quantitative estimate of drug-likeness (QED) is 0.851. The van der Waals surface area contributed by atoms with Gasteiger partial charge in [-0.1, -0.05) is 12.1 Å². The topological polar surface area (TPSA) is 69.7 Å². The van der Waals surface area contributed by atoms with E-state index in [1.54, 1.807) is 52.2 Å². The summed E-state index contributed by atoms with van der Waals surface area (Å²) in [6.07, 6.45) is 0. The van der Waals surface area contributed by atoms with Gasteiger partial charge in [-0.2, -0.15) is 0 Å². The number of rotatable bonds is 3. The molecule has 0 radical (unpaired) electrons. The van der Waals surface area contributed by atoms with E-state index in [1.165, 1.54) is 9.80 Å². The molecule has 0 aromatic heterocycles. The van der Waals surface area contributed by atoms with Crippen LogP contribution in [-0.2, 0) is 11.3 Å². The molecule has 1 aromatic rings. The van der Waals surface area contributed by atoms with Crippen LogP contribution in [0.5, 0.6) is 0 Å². The third-order valence-electron chi connectivity index (χ3n) is 3.39. The Labute approximate surface area is 123 Å². The second-order valence-corrected chi connectivity index (χ2v) is 5.84. The Morgan fingerprint density at radius 1 is 1.19 bits per heavy atom. The highest BCUT2D eigenvalue weighted by Crippen LogP contribution is 2.19. The summed E-state index contributed by atoms with van der Waals surface area (Å²) in [4.78, 5) is 38.4. The smallest absolute Gasteiger partial charge is 0.325 e. The van der Waals surface area contributed by atoms with Crippen molar-refractivity contribution in [2.24, 2.45) is 0 Å². The highest BCUT2D eigenvalue weighted by Gasteiger charge is 2.43. The third kappa shape index (κ3) is 2.89. The SMILES string of the molecule is CN(C)C(=O)c1ccc(CN2C(=O)NC(C)(C)C2=O)cc1. The first-order valence-corrected chi connectivity index (χ1v) is 6.67. The zero-order chi connectivity index (χ0) is 15.8. The average Bonchev–Trinajstić information content (AvgIpc) is 2.61. The monoisotopic (exact) mass is 289 g/mol. The Balaban J connectivity index is 2.13. The van der Waals surface area contributed by atoms with Crippen molar-refractivity contribution >= 4 is 17.8 Å². The van der Waals surface area contributed by atoms with Gasteiger partial charge in [-0.15, -0.1) is 0 Å². The second kappa shape index (κ2) is 5.20. The van der Waals surface area contributed by atoms with Gasteiger partial charge in [-0.3, -0.25) is 14.5 Å². The molecule has 1 heterocycles. The van der Waals surface area contributed by atoms with Crippen LogP contribution in [0.1, 0.15) is 29.8 Å². The molecule has 1 fully saturated rings. The largest absolute Gasteiger partial charge is 0.345 e. The lowest BCUT2D eigenvalue weighted by molar-refractivity contribution is -0.130. The van der Waals surface area contributed by atoms with Crippen LogP contribution in [-0.4, -0.2) is 47.3 Å². The minimum absolute atomic E-state index is 0.0855. The molecule has 1 N–H and O–H groups in total. The van der Waals surface area contributed by atoms with Crippen LogP contribution in [0.15, 0.2) is 24.3 Å². The molecule has 6 nitrogen and oxygen atoms in total. The summed E-state index contributed by atoms with van der Waals surface area (Å²) in [6.45, 7) is 3.54. The fraction of sp³-hybridized carbons (Fsp3) is 0.400. The van der Waals surface area contributed by atoms with E-state index in [4.69, 9.17) is 0 Å². The number of amides is 4. The van der Waals surface area contributed by atoms with E-state index < -0.39 is 11.6 Å². The number of nitrogens with one attached hydrogen (secondary N) is 1. The highest BCUT2D eigenvalue weighted by molar-refractivity contribution is 6.06. The Morgan fingerprint density at radius 2 is 1.76 bits per heavy atom. The van der Waals surface area contributed by atoms with E-state index >= 15 is 0 Å². The van der Waals surface area contributed by atoms with Crippen LogP contribution < -0.4 is 5.32 Å². The number of carbonyl (C=O) groups is 3. The maximum atomic E-state index is 12.1. The molecule has 0 spiro atoms. The van der Waals surface area contributed by atoms with E-state index in [9.17, 15) is 14.4 Å². The van der Waals surface area contributed by atoms with Crippen molar-refractivity contribution in [3.05, 3.63) is 35.4 Å². The summed E-state index contributed by atoms with van der Waals surface area (Å²) < 4.78 is 0. The lowest BCUT2D eigenvalue weighted by Gasteiger charge is -2.16. The molecule has 0 bridgehead atoms. The first-order chi connectivity index (χ1) is 9.72. The van der Waals surface area contributed by atoms with Crippen LogP contribution in [0.2, 0.25) is 0 Å². The molecule has 1 saturated heterocycles. The van der Waals surface area contributed by atoms with Gasteiger partial charge in [0.1, 0.15) is 5.54 Å². The molecule has 112 valence electrons. The second-order valence-electron chi connectivity index (χ2n) is 5.84. The Hall–Kier alpha value is -2.37. The van der Waals surface area contributed by atoms with E-state index in [2.05, 4.69) is 5.32 Å². The van der Waals surface area contributed by atoms with Gasteiger partial charge in [-0.25, -0.2) is 4.79 Å². The fourth-order valence-corrected chi connectivity index (χ4v) is 2.16. The third-order valence-corrected chi connectivity index (χ3v) is 3.39. The number of nitrogens with zero attached hydrogens (tertiary/aromatic N) is 2. The van der Waals surface area contributed by atoms with Crippen molar-refractivity contribution in [3.8, 4) is 0 Å². The van der Waals surface area contributed by atoms with Gasteiger partial charge in [0, 0.05) is 19.7 Å². The Kier molecular flexibility index (Phi) is 3.72. The molecule has 21 heavy (non-hydrogen) atoms. The minimum Gasteiger partial charge on any atom is -0.345 e. The lowest BCUT2D eigenvalue weighted by Crippen LogP contribution is -2.40. The van der Waals surface area contributed by atoms with Crippen LogP contribution >= 0.6 is 0 Å². The molecule has 0 saturated carbocycles. The van der Waals surface area contributed by atoms with Gasteiger partial charge in [0.25, 0.3) is 11.8 Å². The standard InChI is InChI=1S/C15H19N3O3/c1-15(2)13(20)18(14(21)16-15)9-10-5-7-11(8-6-10)12(19)17(3)4/h5-8H,9H2,1-4H3,(H,16,21). The van der Waals surface area contributed by atoms with E-state index in [0.717, 1.165) is 5.56 Å². The van der Waals surface area contributed by atoms with E-state index in [0.29, 0.717) is 5.56 Å². The first kappa shape index (κ1) is 15.0. The number of hydrogen-bond acceptors (Lipinski definition) is 3. The highest BCUT2D eigenvalue weighted by atomic mass is 16.2. The molecule has 1 aromatic carbocycles. The molecule has 2 rings (SSSR count). The van der Waals surface area contributed by atoms with Crippen LogP contribution in [0.3, 0.4) is 0 Å². The van der Waals surface area contributed by atoms with Gasteiger partial charge in [0.05, 0.1) is 6.54 Å². The maximum Gasteiger partial charge on any atom is 0.325 e. The molecule has 0 atom stereocenters. The number of hydrogen-bond donors (Lipinski definition) is 1. The van der Waals surface area contributed by atoms with Gasteiger partial charge < -0.3 is 10.2 Å². The molecule has 4 amide bonds. The van der Waals surface area contributed by atoms with Crippen molar-refractivity contribution in [1.82, 2.24) is 15.1 Å². The van der Waals surface area contributed by atoms with E-state index in [1.807, 2.05) is 0 Å². The predicted molar refractivity (Wildman–Crippen MR) is 77.6 cm³/mol. The van der Waals surface area contributed by atoms with Gasteiger partial charge in [-0.05, 0) is 31.5 Å². The fourth-order valence-electron chi connectivity index (χ4n) is 2.16. The van der Waals surface area contributed by atoms with Crippen molar-refractivity contribution < 1.29 is 14.4 Å². The Bertz CT molecular complexity index is 591. The number of urea groups is 1. The van der Waals surface area contributed by atoms with Gasteiger partial charge in [0.2, 0.25) is 0 Å². The lowest BCUT2D eigenvalue weighted by atomic mass is 10.1. The number of benzene rings is 1. The minimum atomic E-state index is -0.863. The molecular weight excluding hydrogens is 270 g/mol. The summed E-state index contributed by atoms with van der Waals surface area (Å²) in [6, 6.07) is 6.51. The molecule has 6 heteroatoms. The molecule has 1 aliphatic rings. The molecule has 0 aliphatic carbocycles. The summed E-state index contributed by atoms with van der Waals surface area (Å²) in [7, 11) is 3.37. The normalized spacial score (nSPS) is 16.9. The average molecular weight is 289 g/mol. The zero-order valence-electron chi connectivity index (χ0n) is 12.6. The van der Waals surface area contributed by atoms with Gasteiger partial charge >= 0.3 is 6.03 Å². The summed E-state index contributed by atoms with van der Waals surface area (Å²) >= 11 is 0. The first-order valence-electron chi connectivity index (χ1n) is 6.67. The maximum absolute atomic E-state index is 12.1. The van der Waals surface area contributed by atoms with Crippen LogP contribution in [0.25, 0.3) is 0 Å². The van der Waals surface area contributed by atoms with Crippen molar-refractivity contribution in [2.45, 2.75) is 25.9 Å². The molecular formula is C15H19N3O3. The predicted octanol–water partition coefficient (Wildman–Crippen LogP) is 1.22. The zero-order valence-corrected chi connectivity index (χ0v) is 12.6. The summed E-state index contributed by atoms with van der Waals surface area (Å²) in [5.41, 5.74) is 0.505. The number of imide groups is 1. The van der Waals surface area contributed by atoms with Crippen molar-refractivity contribution in [2.75, 3.05) is 14.1 Å². The van der Waals surface area contributed by atoms with Crippen LogP contribution in [0, 0.1) is 0 Å². The van der Waals surface area contributed by atoms with Crippen LogP contribution in [0.4, 0.5) is 4.79 Å². The molecule has 1 aliphatic heterocycles. The van der Waals surface area contributed by atoms with Gasteiger partial charge in [0.15, 0.2) is 0 Å². The van der Waals surface area contributed by atoms with E-state index in [-0.39, 0.29) is 18.4 Å². The Morgan fingerprint density at radius 3 is 2.19 bits per heavy atom. The summed E-state index contributed by atoms with van der Waals surface area (Å²) in [5, 5.41) is 2.63. The molecule has 0 unspecified atom stereocenters. The number of carbonyl (C=O) groups excluding carboxylic acids is 3. The summed E-state index contributed by atoms with van der Waals surface area (Å²) in [5.74, 6) is -0.335. The van der Waals surface area contributed by atoms with Crippen molar-refractivity contribution in [1.29, 1.82) is 0 Å². The van der Waals surface area contributed by atoms with Crippen molar-refractivity contribution in [3.63, 3.8) is 0 Å².